The first-order valence-corrected chi connectivity index (χ1v) is 12.7. The summed E-state index contributed by atoms with van der Waals surface area (Å²) in [5, 5.41) is 19.5. The Bertz CT molecular complexity index is 1160. The Morgan fingerprint density at radius 3 is 2.97 bits per heavy atom. The van der Waals surface area contributed by atoms with E-state index in [1.54, 1.807) is 35.3 Å². The van der Waals surface area contributed by atoms with Gasteiger partial charge in [0.05, 0.1) is 0 Å². The Hall–Kier alpha value is -3.10. The molecule has 0 radical (unpaired) electrons. The summed E-state index contributed by atoms with van der Waals surface area (Å²) in [6.45, 7) is 0.0227. The van der Waals surface area contributed by atoms with Crippen LogP contribution in [0.4, 0.5) is 5.13 Å². The highest BCUT2D eigenvalue weighted by Gasteiger charge is 2.57. The van der Waals surface area contributed by atoms with Gasteiger partial charge < -0.3 is 25.9 Å². The highest BCUT2D eigenvalue weighted by atomic mass is 32.2. The topological polar surface area (TPSA) is 160 Å². The third-order valence-corrected chi connectivity index (χ3v) is 8.69. The number of fused-ring (bicyclic) bond motifs is 1. The first-order valence-electron chi connectivity index (χ1n) is 9.88. The molecule has 11 nitrogen and oxygen atoms in total. The number of thiazole rings is 1. The van der Waals surface area contributed by atoms with Gasteiger partial charge in [0.15, 0.2) is 10.8 Å². The van der Waals surface area contributed by atoms with E-state index in [9.17, 15) is 19.5 Å². The van der Waals surface area contributed by atoms with Crippen molar-refractivity contribution < 1.29 is 24.3 Å². The van der Waals surface area contributed by atoms with E-state index in [1.807, 2.05) is 6.07 Å². The number of nitrogens with zero attached hydrogens (tertiary/aromatic N) is 4. The summed E-state index contributed by atoms with van der Waals surface area (Å²) in [5.74, 6) is -1.74. The average molecular weight is 521 g/mol. The molecule has 34 heavy (non-hydrogen) atoms. The van der Waals surface area contributed by atoms with Gasteiger partial charge in [0.2, 0.25) is 5.91 Å². The molecule has 14 heteroatoms. The van der Waals surface area contributed by atoms with E-state index in [1.165, 1.54) is 23.8 Å². The number of oxime groups is 1. The fourth-order valence-electron chi connectivity index (χ4n) is 3.42. The van der Waals surface area contributed by atoms with Gasteiger partial charge in [-0.1, -0.05) is 11.2 Å². The molecule has 178 valence electrons. The van der Waals surface area contributed by atoms with Crippen LogP contribution in [0, 0.1) is 0 Å². The minimum atomic E-state index is -1.20. The number of carboxylic acid groups (broad SMARTS) is 1. The number of thioether (sulfide) groups is 2. The van der Waals surface area contributed by atoms with Crippen LogP contribution in [0.15, 0.2) is 40.5 Å². The first kappa shape index (κ1) is 24.0. The lowest BCUT2D eigenvalue weighted by atomic mass is 10.0. The fourth-order valence-corrected chi connectivity index (χ4v) is 6.64. The van der Waals surface area contributed by atoms with Crippen molar-refractivity contribution in [3.05, 3.63) is 46.6 Å². The van der Waals surface area contributed by atoms with Crippen molar-refractivity contribution in [1.82, 2.24) is 20.2 Å². The van der Waals surface area contributed by atoms with Crippen molar-refractivity contribution in [2.45, 2.75) is 16.2 Å². The van der Waals surface area contributed by atoms with Gasteiger partial charge in [-0.15, -0.1) is 34.9 Å². The zero-order valence-electron chi connectivity index (χ0n) is 17.8. The molecule has 2 amide bonds. The summed E-state index contributed by atoms with van der Waals surface area (Å²) >= 11 is 3.61. The molecule has 0 aliphatic carbocycles. The molecule has 2 aromatic rings. The number of β-lactam (4-membered cyclic amide) rings is 1. The highest BCUT2D eigenvalue weighted by molar-refractivity contribution is 8.06. The van der Waals surface area contributed by atoms with Crippen molar-refractivity contribution in [2.24, 2.45) is 5.16 Å². The molecule has 0 spiro atoms. The molecule has 0 saturated carbocycles. The van der Waals surface area contributed by atoms with Gasteiger partial charge in [0, 0.05) is 30.1 Å². The fraction of sp³-hybridized carbons (Fsp3) is 0.300. The number of nitrogens with two attached hydrogens (primary N) is 1. The van der Waals surface area contributed by atoms with Crippen molar-refractivity contribution in [1.29, 1.82) is 0 Å². The monoisotopic (exact) mass is 520 g/mol. The number of carbonyl (C=O) groups is 3. The number of anilines is 1. The number of amides is 2. The van der Waals surface area contributed by atoms with Gasteiger partial charge >= 0.3 is 5.97 Å². The van der Waals surface area contributed by atoms with Gasteiger partial charge in [0.25, 0.3) is 5.91 Å². The SMILES string of the molecule is CON=C(C(=O)NC1C(=O)N2CC(SC=Cc3cccnc3)(C(=O)O)CS[C@H]12)c1csc(N)n1. The van der Waals surface area contributed by atoms with Crippen LogP contribution in [0.1, 0.15) is 11.3 Å². The van der Waals surface area contributed by atoms with Crippen molar-refractivity contribution in [3.8, 4) is 0 Å². The third kappa shape index (κ3) is 4.74. The summed E-state index contributed by atoms with van der Waals surface area (Å²) < 4.78 is -1.20. The quantitative estimate of drug-likeness (QED) is 0.261. The molecule has 4 rings (SSSR count). The van der Waals surface area contributed by atoms with Gasteiger partial charge in [-0.2, -0.15) is 0 Å². The van der Waals surface area contributed by atoms with Crippen LogP contribution in [-0.4, -0.2) is 79.0 Å². The number of carboxylic acids is 1. The third-order valence-electron chi connectivity index (χ3n) is 5.13. The van der Waals surface area contributed by atoms with E-state index in [-0.39, 0.29) is 40.1 Å². The Morgan fingerprint density at radius 2 is 2.32 bits per heavy atom. The van der Waals surface area contributed by atoms with E-state index in [0.29, 0.717) is 0 Å². The van der Waals surface area contributed by atoms with Crippen LogP contribution in [0.2, 0.25) is 0 Å². The maximum atomic E-state index is 12.8. The second-order valence-corrected chi connectivity index (χ2v) is 10.6. The second-order valence-electron chi connectivity index (χ2n) is 7.32. The van der Waals surface area contributed by atoms with E-state index in [2.05, 4.69) is 20.4 Å². The minimum Gasteiger partial charge on any atom is -0.480 e. The van der Waals surface area contributed by atoms with E-state index in [4.69, 9.17) is 10.6 Å². The highest BCUT2D eigenvalue weighted by Crippen LogP contribution is 2.44. The van der Waals surface area contributed by atoms with Crippen molar-refractivity contribution in [3.63, 3.8) is 0 Å². The molecule has 4 N–H and O–H groups in total. The Kier molecular flexibility index (Phi) is 7.09. The molecule has 2 fully saturated rings. The van der Waals surface area contributed by atoms with Gasteiger partial charge in [-0.3, -0.25) is 19.4 Å². The van der Waals surface area contributed by atoms with Crippen LogP contribution >= 0.6 is 34.9 Å². The van der Waals surface area contributed by atoms with Crippen LogP contribution < -0.4 is 11.1 Å². The normalized spacial score (nSPS) is 24.4. The smallest absolute Gasteiger partial charge is 0.322 e. The lowest BCUT2D eigenvalue weighted by molar-refractivity contribution is -0.151. The molecule has 4 heterocycles. The number of aliphatic carboxylic acids is 1. The van der Waals surface area contributed by atoms with Crippen LogP contribution in [-0.2, 0) is 19.2 Å². The predicted octanol–water partition coefficient (Wildman–Crippen LogP) is 1.10. The molecule has 2 aromatic heterocycles. The maximum Gasteiger partial charge on any atom is 0.322 e. The number of nitrogens with one attached hydrogen (secondary N) is 1. The molecule has 2 saturated heterocycles. The number of nitrogen functional groups attached to an aromatic ring is 1. The molecule has 0 bridgehead atoms. The number of hydrogen-bond acceptors (Lipinski definition) is 11. The van der Waals surface area contributed by atoms with E-state index < -0.39 is 22.7 Å². The maximum absolute atomic E-state index is 12.8. The standard InChI is InChI=1S/C20H20N6O5S3/c1-31-25-13(12-8-32-19(21)23-12)15(27)24-14-16(28)26-9-20(18(29)30,10-33-17(14)26)34-6-4-11-3-2-5-22-7-11/h2-8,14,17H,9-10H2,1H3,(H2,21,23)(H,24,27)(H,29,30)/t14?,17-,20?/m1/s1. The van der Waals surface area contributed by atoms with Crippen LogP contribution in [0.3, 0.4) is 0 Å². The van der Waals surface area contributed by atoms with Crippen LogP contribution in [0.25, 0.3) is 6.08 Å². The minimum absolute atomic E-state index is 0.0227. The molecule has 3 atom stereocenters. The van der Waals surface area contributed by atoms with Gasteiger partial charge in [-0.25, -0.2) is 4.98 Å². The first-order chi connectivity index (χ1) is 16.3. The van der Waals surface area contributed by atoms with Crippen LogP contribution in [0.5, 0.6) is 0 Å². The second kappa shape index (κ2) is 10.0. The van der Waals surface area contributed by atoms with E-state index >= 15 is 0 Å². The molecule has 0 aromatic carbocycles. The Labute approximate surface area is 206 Å². The van der Waals surface area contributed by atoms with Crippen molar-refractivity contribution in [2.75, 3.05) is 25.1 Å². The average Bonchev–Trinajstić information content (AvgIpc) is 3.27. The molecule has 2 aliphatic heterocycles. The van der Waals surface area contributed by atoms with Gasteiger partial charge in [0.1, 0.15) is 29.0 Å². The lowest BCUT2D eigenvalue weighted by Crippen LogP contribution is -2.74. The Morgan fingerprint density at radius 1 is 1.50 bits per heavy atom. The van der Waals surface area contributed by atoms with E-state index in [0.717, 1.165) is 28.7 Å². The van der Waals surface area contributed by atoms with Crippen molar-refractivity contribution >= 4 is 69.6 Å². The summed E-state index contributed by atoms with van der Waals surface area (Å²) in [6, 6.07) is 2.84. The number of rotatable bonds is 8. The zero-order valence-corrected chi connectivity index (χ0v) is 20.2. The number of aromatic nitrogens is 2. The largest absolute Gasteiger partial charge is 0.480 e. The lowest BCUT2D eigenvalue weighted by Gasteiger charge is -2.53. The summed E-state index contributed by atoms with van der Waals surface area (Å²) in [4.78, 5) is 52.0. The predicted molar refractivity (Wildman–Crippen MR) is 131 cm³/mol. The number of pyridine rings is 1. The number of hydrogen-bond donors (Lipinski definition) is 3. The number of carbonyl (C=O) groups excluding carboxylic acids is 2. The van der Waals surface area contributed by atoms with Gasteiger partial charge in [-0.05, 0) is 23.1 Å². The molecular weight excluding hydrogens is 500 g/mol. The molecular formula is C20H20N6O5S3. The summed E-state index contributed by atoms with van der Waals surface area (Å²) in [6.07, 6.45) is 5.10. The zero-order chi connectivity index (χ0) is 24.3. The summed E-state index contributed by atoms with van der Waals surface area (Å²) in [5.41, 5.74) is 6.62. The molecule has 2 aliphatic rings. The Balaban J connectivity index is 1.42. The molecule has 2 unspecified atom stereocenters. The summed E-state index contributed by atoms with van der Waals surface area (Å²) in [7, 11) is 1.29.